The van der Waals surface area contributed by atoms with E-state index in [0.29, 0.717) is 5.82 Å². The fourth-order valence-electron chi connectivity index (χ4n) is 2.72. The predicted octanol–water partition coefficient (Wildman–Crippen LogP) is 2.01. The number of nitrogens with zero attached hydrogens (tertiary/aromatic N) is 2. The number of amides is 1. The molecule has 1 heterocycles. The highest BCUT2D eigenvalue weighted by atomic mass is 35.5. The Kier molecular flexibility index (Phi) is 3.07. The Balaban J connectivity index is 1.53. The molecular weight excluding hydrogens is 252 g/mol. The summed E-state index contributed by atoms with van der Waals surface area (Å²) in [6.45, 7) is 0. The molecule has 2 N–H and O–H groups in total. The van der Waals surface area contributed by atoms with E-state index in [9.17, 15) is 4.79 Å². The van der Waals surface area contributed by atoms with Crippen molar-refractivity contribution in [2.75, 3.05) is 5.43 Å². The van der Waals surface area contributed by atoms with Gasteiger partial charge in [-0.2, -0.15) is 0 Å². The average molecular weight is 267 g/mol. The third-order valence-electron chi connectivity index (χ3n) is 3.87. The van der Waals surface area contributed by atoms with Gasteiger partial charge in [0.1, 0.15) is 0 Å². The summed E-state index contributed by atoms with van der Waals surface area (Å²) >= 11 is 5.84. The van der Waals surface area contributed by atoms with Gasteiger partial charge in [-0.25, -0.2) is 9.97 Å². The predicted molar refractivity (Wildman–Crippen MR) is 67.7 cm³/mol. The number of halogens is 1. The molecule has 0 aromatic carbocycles. The zero-order chi connectivity index (χ0) is 12.5. The van der Waals surface area contributed by atoms with Crippen LogP contribution >= 0.6 is 11.6 Å². The van der Waals surface area contributed by atoms with Crippen molar-refractivity contribution in [3.8, 4) is 0 Å². The van der Waals surface area contributed by atoms with Crippen molar-refractivity contribution in [3.63, 3.8) is 0 Å². The SMILES string of the molecule is O=C(NNc1nccnc1Cl)C1CCC2CC2C1. The first-order chi connectivity index (χ1) is 8.74. The molecule has 0 bridgehead atoms. The lowest BCUT2D eigenvalue weighted by molar-refractivity contribution is -0.125. The molecule has 3 unspecified atom stereocenters. The first kappa shape index (κ1) is 11.7. The lowest BCUT2D eigenvalue weighted by Crippen LogP contribution is -2.36. The Morgan fingerprint density at radius 2 is 2.06 bits per heavy atom. The molecule has 18 heavy (non-hydrogen) atoms. The van der Waals surface area contributed by atoms with Crippen molar-refractivity contribution in [2.24, 2.45) is 17.8 Å². The fraction of sp³-hybridized carbons (Fsp3) is 0.583. The largest absolute Gasteiger partial charge is 0.279 e. The first-order valence-electron chi connectivity index (χ1n) is 6.26. The number of carbonyl (C=O) groups excluding carboxylic acids is 1. The van der Waals surface area contributed by atoms with Crippen LogP contribution in [0.15, 0.2) is 12.4 Å². The topological polar surface area (TPSA) is 66.9 Å². The molecular formula is C12H15ClN4O. The van der Waals surface area contributed by atoms with Gasteiger partial charge in [-0.1, -0.05) is 11.6 Å². The van der Waals surface area contributed by atoms with Gasteiger partial charge in [0, 0.05) is 18.3 Å². The van der Waals surface area contributed by atoms with Crippen LogP contribution in [-0.4, -0.2) is 15.9 Å². The summed E-state index contributed by atoms with van der Waals surface area (Å²) in [5.74, 6) is 2.22. The maximum Gasteiger partial charge on any atom is 0.241 e. The Morgan fingerprint density at radius 3 is 2.83 bits per heavy atom. The highest BCUT2D eigenvalue weighted by molar-refractivity contribution is 6.31. The Hall–Kier alpha value is -1.36. The van der Waals surface area contributed by atoms with E-state index in [1.165, 1.54) is 25.2 Å². The van der Waals surface area contributed by atoms with Crippen LogP contribution in [0.2, 0.25) is 5.15 Å². The second-order valence-corrected chi connectivity index (χ2v) is 5.43. The van der Waals surface area contributed by atoms with Crippen molar-refractivity contribution >= 4 is 23.3 Å². The van der Waals surface area contributed by atoms with Gasteiger partial charge in [0.05, 0.1) is 0 Å². The zero-order valence-electron chi connectivity index (χ0n) is 9.90. The minimum atomic E-state index is 0.0297. The molecule has 0 saturated heterocycles. The molecule has 2 aliphatic rings. The van der Waals surface area contributed by atoms with E-state index in [2.05, 4.69) is 20.8 Å². The van der Waals surface area contributed by atoms with Gasteiger partial charge >= 0.3 is 0 Å². The van der Waals surface area contributed by atoms with Gasteiger partial charge in [-0.3, -0.25) is 15.6 Å². The number of hydrazine groups is 1. The smallest absolute Gasteiger partial charge is 0.241 e. The average Bonchev–Trinajstić information content (AvgIpc) is 3.15. The number of fused-ring (bicyclic) bond motifs is 1. The molecule has 96 valence electrons. The third kappa shape index (κ3) is 2.41. The summed E-state index contributed by atoms with van der Waals surface area (Å²) in [6, 6.07) is 0. The van der Waals surface area contributed by atoms with Crippen molar-refractivity contribution in [1.82, 2.24) is 15.4 Å². The number of nitrogens with one attached hydrogen (secondary N) is 2. The molecule has 3 atom stereocenters. The Labute approximate surface area is 110 Å². The number of aromatic nitrogens is 2. The van der Waals surface area contributed by atoms with Gasteiger partial charge in [-0.15, -0.1) is 0 Å². The summed E-state index contributed by atoms with van der Waals surface area (Å²) in [6.07, 6.45) is 7.54. The van der Waals surface area contributed by atoms with E-state index in [-0.39, 0.29) is 17.0 Å². The highest BCUT2D eigenvalue weighted by Gasteiger charge is 2.43. The summed E-state index contributed by atoms with van der Waals surface area (Å²) < 4.78 is 0. The minimum Gasteiger partial charge on any atom is -0.279 e. The molecule has 2 aliphatic carbocycles. The van der Waals surface area contributed by atoms with Crippen LogP contribution in [0.25, 0.3) is 0 Å². The van der Waals surface area contributed by atoms with Crippen molar-refractivity contribution in [1.29, 1.82) is 0 Å². The second-order valence-electron chi connectivity index (χ2n) is 5.08. The third-order valence-corrected chi connectivity index (χ3v) is 4.15. The summed E-state index contributed by atoms with van der Waals surface area (Å²) in [5, 5.41) is 0.253. The number of hydrogen-bond donors (Lipinski definition) is 2. The van der Waals surface area contributed by atoms with Crippen LogP contribution in [0.4, 0.5) is 5.82 Å². The molecule has 5 nitrogen and oxygen atoms in total. The molecule has 6 heteroatoms. The van der Waals surface area contributed by atoms with Crippen molar-refractivity contribution in [2.45, 2.75) is 25.7 Å². The van der Waals surface area contributed by atoms with E-state index < -0.39 is 0 Å². The maximum atomic E-state index is 12.0. The zero-order valence-corrected chi connectivity index (χ0v) is 10.7. The molecule has 0 aliphatic heterocycles. The molecule has 0 spiro atoms. The van der Waals surface area contributed by atoms with Crippen molar-refractivity contribution < 1.29 is 4.79 Å². The molecule has 2 saturated carbocycles. The van der Waals surface area contributed by atoms with E-state index in [4.69, 9.17) is 11.6 Å². The van der Waals surface area contributed by atoms with Crippen molar-refractivity contribution in [3.05, 3.63) is 17.5 Å². The fourth-order valence-corrected chi connectivity index (χ4v) is 2.87. The monoisotopic (exact) mass is 266 g/mol. The second kappa shape index (κ2) is 4.72. The summed E-state index contributed by atoms with van der Waals surface area (Å²) in [4.78, 5) is 19.9. The lowest BCUT2D eigenvalue weighted by Gasteiger charge is -2.20. The van der Waals surface area contributed by atoms with E-state index in [1.807, 2.05) is 0 Å². The van der Waals surface area contributed by atoms with Crippen LogP contribution < -0.4 is 10.9 Å². The number of hydrogen-bond acceptors (Lipinski definition) is 4. The van der Waals surface area contributed by atoms with Crippen LogP contribution in [0, 0.1) is 17.8 Å². The van der Waals surface area contributed by atoms with E-state index >= 15 is 0 Å². The van der Waals surface area contributed by atoms with Gasteiger partial charge in [0.15, 0.2) is 11.0 Å². The standard InChI is InChI=1S/C12H15ClN4O/c13-10-11(15-4-3-14-10)16-17-12(18)8-2-1-7-5-9(7)6-8/h3-4,7-9H,1-2,5-6H2,(H,15,16)(H,17,18). The van der Waals surface area contributed by atoms with Gasteiger partial charge in [0.25, 0.3) is 0 Å². The van der Waals surface area contributed by atoms with Gasteiger partial charge in [-0.05, 0) is 37.5 Å². The molecule has 1 aromatic heterocycles. The van der Waals surface area contributed by atoms with Gasteiger partial charge in [0.2, 0.25) is 5.91 Å². The summed E-state index contributed by atoms with van der Waals surface area (Å²) in [5.41, 5.74) is 5.41. The molecule has 0 radical (unpaired) electrons. The van der Waals surface area contributed by atoms with Crippen LogP contribution in [0.5, 0.6) is 0 Å². The van der Waals surface area contributed by atoms with Crippen LogP contribution in [0.1, 0.15) is 25.7 Å². The maximum absolute atomic E-state index is 12.0. The summed E-state index contributed by atoms with van der Waals surface area (Å²) in [7, 11) is 0. The lowest BCUT2D eigenvalue weighted by atomic mass is 9.89. The molecule has 3 rings (SSSR count). The van der Waals surface area contributed by atoms with Crippen LogP contribution in [0.3, 0.4) is 0 Å². The quantitative estimate of drug-likeness (QED) is 0.822. The van der Waals surface area contributed by atoms with Crippen LogP contribution in [-0.2, 0) is 4.79 Å². The van der Waals surface area contributed by atoms with E-state index in [1.54, 1.807) is 0 Å². The highest BCUT2D eigenvalue weighted by Crippen LogP contribution is 2.51. The number of anilines is 1. The minimum absolute atomic E-state index is 0.0297. The Bertz CT molecular complexity index is 467. The van der Waals surface area contributed by atoms with Gasteiger partial charge < -0.3 is 0 Å². The Morgan fingerprint density at radius 1 is 1.22 bits per heavy atom. The van der Waals surface area contributed by atoms with E-state index in [0.717, 1.165) is 24.7 Å². The molecule has 1 amide bonds. The normalized spacial score (nSPS) is 29.3. The molecule has 2 fully saturated rings. The number of rotatable bonds is 3. The molecule has 1 aromatic rings. The number of carbonyl (C=O) groups is 1. The first-order valence-corrected chi connectivity index (χ1v) is 6.64.